The maximum atomic E-state index is 14.8. The van der Waals surface area contributed by atoms with E-state index in [0.717, 1.165) is 31.0 Å². The number of ether oxygens (including phenoxy) is 2. The highest BCUT2D eigenvalue weighted by Crippen LogP contribution is 2.48. The molecule has 2 amide bonds. The molecule has 2 aliphatic rings. The lowest BCUT2D eigenvalue weighted by Crippen LogP contribution is -2.52. The van der Waals surface area contributed by atoms with Crippen LogP contribution in [0, 0.1) is 11.7 Å². The first-order valence-electron chi connectivity index (χ1n) is 14.6. The molecule has 1 fully saturated rings. The molecular formula is C33H30F4N4O5. The van der Waals surface area contributed by atoms with Gasteiger partial charge in [-0.1, -0.05) is 6.07 Å². The zero-order chi connectivity index (χ0) is 32.9. The third kappa shape index (κ3) is 5.59. The maximum absolute atomic E-state index is 14.8. The highest BCUT2D eigenvalue weighted by Gasteiger charge is 2.58. The fraction of sp³-hybridized carbons (Fsp3) is 0.333. The summed E-state index contributed by atoms with van der Waals surface area (Å²) in [7, 11) is 1.37. The number of halogens is 4. The van der Waals surface area contributed by atoms with E-state index >= 15 is 0 Å². The minimum Gasteiger partial charge on any atom is -0.494 e. The Hall–Kier alpha value is -4.78. The molecule has 1 aliphatic heterocycles. The van der Waals surface area contributed by atoms with Crippen LogP contribution in [-0.4, -0.2) is 59.9 Å². The number of rotatable bonds is 9. The van der Waals surface area contributed by atoms with Crippen LogP contribution in [0.15, 0.2) is 60.8 Å². The van der Waals surface area contributed by atoms with Crippen molar-refractivity contribution in [3.05, 3.63) is 83.4 Å². The number of carbonyl (C=O) groups excluding carboxylic acids is 2. The van der Waals surface area contributed by atoms with E-state index in [0.29, 0.717) is 23.4 Å². The lowest BCUT2D eigenvalue weighted by molar-refractivity contribution is -0.265. The number of carbonyl (C=O) groups is 2. The van der Waals surface area contributed by atoms with Crippen molar-refractivity contribution < 1.29 is 41.7 Å². The summed E-state index contributed by atoms with van der Waals surface area (Å²) in [5, 5.41) is 17.0. The quantitative estimate of drug-likeness (QED) is 0.225. The maximum Gasteiger partial charge on any atom is 0.424 e. The molecule has 240 valence electrons. The van der Waals surface area contributed by atoms with Crippen molar-refractivity contribution >= 4 is 22.7 Å². The molecule has 9 nitrogen and oxygen atoms in total. The molecule has 0 radical (unpaired) electrons. The van der Waals surface area contributed by atoms with Crippen LogP contribution in [0.1, 0.15) is 41.4 Å². The molecule has 3 N–H and O–H groups in total. The molecular weight excluding hydrogens is 608 g/mol. The summed E-state index contributed by atoms with van der Waals surface area (Å²) < 4.78 is 69.5. The molecule has 2 aromatic carbocycles. The van der Waals surface area contributed by atoms with Gasteiger partial charge in [0.25, 0.3) is 5.91 Å². The molecule has 1 unspecified atom stereocenters. The summed E-state index contributed by atoms with van der Waals surface area (Å²) >= 11 is 0. The lowest BCUT2D eigenvalue weighted by atomic mass is 9.81. The third-order valence-corrected chi connectivity index (χ3v) is 8.49. The highest BCUT2D eigenvalue weighted by molar-refractivity contribution is 6.00. The van der Waals surface area contributed by atoms with Gasteiger partial charge in [-0.25, -0.2) is 9.37 Å². The van der Waals surface area contributed by atoms with Gasteiger partial charge in [-0.05, 0) is 74.2 Å². The number of fused-ring (bicyclic) bond motifs is 2. The molecule has 1 saturated carbocycles. The van der Waals surface area contributed by atoms with E-state index in [1.54, 1.807) is 12.1 Å². The molecule has 0 saturated heterocycles. The minimum atomic E-state index is -5.34. The number of hydrogen-bond donors (Lipinski definition) is 3. The van der Waals surface area contributed by atoms with Crippen molar-refractivity contribution in [2.45, 2.75) is 37.0 Å². The van der Waals surface area contributed by atoms with Gasteiger partial charge in [-0.2, -0.15) is 13.2 Å². The number of nitrogens with one attached hydrogen (secondary N) is 2. The van der Waals surface area contributed by atoms with Gasteiger partial charge in [0, 0.05) is 34.8 Å². The van der Waals surface area contributed by atoms with E-state index in [4.69, 9.17) is 9.47 Å². The first-order valence-corrected chi connectivity index (χ1v) is 14.6. The second kappa shape index (κ2) is 11.5. The fourth-order valence-corrected chi connectivity index (χ4v) is 5.43. The normalized spacial score (nSPS) is 18.8. The zero-order valence-corrected chi connectivity index (χ0v) is 24.9. The average molecular weight is 639 g/mol. The van der Waals surface area contributed by atoms with Gasteiger partial charge < -0.3 is 25.2 Å². The van der Waals surface area contributed by atoms with Crippen molar-refractivity contribution in [2.75, 3.05) is 26.8 Å². The Morgan fingerprint density at radius 1 is 1.11 bits per heavy atom. The predicted octanol–water partition coefficient (Wildman–Crippen LogP) is 4.80. The molecule has 0 bridgehead atoms. The van der Waals surface area contributed by atoms with E-state index in [1.165, 1.54) is 44.5 Å². The van der Waals surface area contributed by atoms with Crippen LogP contribution in [0.3, 0.4) is 0 Å². The van der Waals surface area contributed by atoms with Crippen LogP contribution in [0.5, 0.6) is 11.5 Å². The molecule has 3 heterocycles. The first kappa shape index (κ1) is 31.2. The zero-order valence-electron chi connectivity index (χ0n) is 24.9. The van der Waals surface area contributed by atoms with Crippen LogP contribution in [0.2, 0.25) is 0 Å². The smallest absolute Gasteiger partial charge is 0.424 e. The molecule has 6 rings (SSSR count). The number of amides is 2. The second-order valence-electron chi connectivity index (χ2n) is 11.8. The molecule has 0 spiro atoms. The molecule has 46 heavy (non-hydrogen) atoms. The second-order valence-corrected chi connectivity index (χ2v) is 11.8. The Balaban J connectivity index is 1.40. The number of aromatic nitrogens is 2. The summed E-state index contributed by atoms with van der Waals surface area (Å²) in [5.74, 6) is -1.34. The molecule has 4 aromatic rings. The van der Waals surface area contributed by atoms with Crippen molar-refractivity contribution in [3.63, 3.8) is 0 Å². The predicted molar refractivity (Wildman–Crippen MR) is 159 cm³/mol. The fourth-order valence-electron chi connectivity index (χ4n) is 5.43. The Morgan fingerprint density at radius 2 is 1.85 bits per heavy atom. The average Bonchev–Trinajstić information content (AvgIpc) is 3.82. The summed E-state index contributed by atoms with van der Waals surface area (Å²) in [6.07, 6.45) is -1.86. The van der Waals surface area contributed by atoms with Gasteiger partial charge in [-0.15, -0.1) is 0 Å². The molecule has 2 aromatic heterocycles. The number of pyridine rings is 2. The van der Waals surface area contributed by atoms with Crippen molar-refractivity contribution in [2.24, 2.45) is 5.92 Å². The number of nitrogens with zero attached hydrogens (tertiary/aromatic N) is 2. The Kier molecular flexibility index (Phi) is 7.83. The Labute approximate surface area is 261 Å². The lowest BCUT2D eigenvalue weighted by Gasteiger charge is -2.31. The van der Waals surface area contributed by atoms with Gasteiger partial charge in [0.05, 0.1) is 19.3 Å². The van der Waals surface area contributed by atoms with E-state index in [1.807, 2.05) is 0 Å². The van der Waals surface area contributed by atoms with Crippen molar-refractivity contribution in [1.82, 2.24) is 20.6 Å². The number of benzene rings is 2. The summed E-state index contributed by atoms with van der Waals surface area (Å²) in [4.78, 5) is 35.0. The minimum absolute atomic E-state index is 0.0240. The van der Waals surface area contributed by atoms with Crippen LogP contribution in [-0.2, 0) is 15.8 Å². The van der Waals surface area contributed by atoms with Crippen LogP contribution < -0.4 is 20.1 Å². The number of aliphatic hydroxyl groups is 1. The third-order valence-electron chi connectivity index (χ3n) is 8.49. The van der Waals surface area contributed by atoms with E-state index in [9.17, 15) is 32.3 Å². The summed E-state index contributed by atoms with van der Waals surface area (Å²) in [6.45, 7) is 0.442. The Morgan fingerprint density at radius 3 is 2.52 bits per heavy atom. The monoisotopic (exact) mass is 638 g/mol. The van der Waals surface area contributed by atoms with Crippen LogP contribution in [0.25, 0.3) is 22.2 Å². The van der Waals surface area contributed by atoms with Crippen molar-refractivity contribution in [3.8, 4) is 22.8 Å². The largest absolute Gasteiger partial charge is 0.494 e. The van der Waals surface area contributed by atoms with Gasteiger partial charge >= 0.3 is 6.18 Å². The number of alkyl halides is 3. The van der Waals surface area contributed by atoms with E-state index < -0.39 is 47.1 Å². The Bertz CT molecular complexity index is 1830. The van der Waals surface area contributed by atoms with Crippen LogP contribution in [0.4, 0.5) is 17.6 Å². The first-order chi connectivity index (χ1) is 21.8. The SMILES string of the molecule is COc1cc(C(=O)NCC(O)(c2cc3c(c(-c4ccc(F)cc4)n2)OC[C@]3(C)C(=O)NCC2CC2)C(F)(F)F)cc2cccnc12. The molecule has 2 atom stereocenters. The number of hydrogen-bond acceptors (Lipinski definition) is 7. The van der Waals surface area contributed by atoms with Gasteiger partial charge in [0.15, 0.2) is 0 Å². The van der Waals surface area contributed by atoms with E-state index in [-0.39, 0.29) is 40.5 Å². The summed E-state index contributed by atoms with van der Waals surface area (Å²) in [6, 6.07) is 11.9. The molecule has 13 heteroatoms. The van der Waals surface area contributed by atoms with Crippen LogP contribution >= 0.6 is 0 Å². The van der Waals surface area contributed by atoms with Gasteiger partial charge in [0.2, 0.25) is 11.5 Å². The topological polar surface area (TPSA) is 123 Å². The number of methoxy groups -OCH3 is 1. The highest BCUT2D eigenvalue weighted by atomic mass is 19.4. The molecule has 1 aliphatic carbocycles. The summed E-state index contributed by atoms with van der Waals surface area (Å²) in [5.41, 5.74) is -5.42. The van der Waals surface area contributed by atoms with Crippen molar-refractivity contribution in [1.29, 1.82) is 0 Å². The standard InChI is InChI=1S/C33H30F4N4O5/c1-31(30(43)39-15-18-5-6-18)17-46-28-23(31)14-25(41-27(28)19-7-9-22(34)10-8-19)32(44,33(35,36)37)16-40-29(42)21-12-20-4-3-11-38-26(20)24(13-21)45-2/h3-4,7-14,18,44H,5-6,15-17H2,1-2H3,(H,39,43)(H,40,42)/t31-,32?/m0/s1. The van der Waals surface area contributed by atoms with Gasteiger partial charge in [-0.3, -0.25) is 14.6 Å². The van der Waals surface area contributed by atoms with Gasteiger partial charge in [0.1, 0.15) is 40.5 Å². The van der Waals surface area contributed by atoms with E-state index in [2.05, 4.69) is 20.6 Å².